The Hall–Kier alpha value is -11.9. The smallest absolute Gasteiger partial charge is 0.456 e. The summed E-state index contributed by atoms with van der Waals surface area (Å²) in [5, 5.41) is 22.6. The highest BCUT2D eigenvalue weighted by molar-refractivity contribution is 9.10. The van der Waals surface area contributed by atoms with Gasteiger partial charge in [-0.15, -0.1) is 0 Å². The minimum atomic E-state index is -1.51. The van der Waals surface area contributed by atoms with Crippen LogP contribution in [0.5, 0.6) is 0 Å². The number of hydrogen-bond acceptors (Lipinski definition) is 8. The summed E-state index contributed by atoms with van der Waals surface area (Å²) in [5.41, 5.74) is 30.0. The molecule has 0 radical (unpaired) electrons. The van der Waals surface area contributed by atoms with Crippen LogP contribution < -0.4 is 5.46 Å². The lowest BCUT2D eigenvalue weighted by Crippen LogP contribution is -2.29. The molecule has 0 amide bonds. The van der Waals surface area contributed by atoms with Crippen molar-refractivity contribution < 1.29 is 18.9 Å². The maximum atomic E-state index is 9.24. The Morgan fingerprint density at radius 3 is 1.32 bits per heavy atom. The zero-order chi connectivity index (χ0) is 73.2. The third-order valence-corrected chi connectivity index (χ3v) is 23.1. The number of aromatic nitrogens is 4. The SMILES string of the molecule is CC1(C)c2ccccc2-c2ccc(-c3ccc(-c4cc(-c5ccc(-c6cccc7c6oc6ccccc67)cc5)nc(-c5ccccc5)n4)cc3)cc21.CC1(C)c2ccccc2-c2ccc(C3CCC(c4cc(-c5ccc(Br)cc5)nc(-c5ccccc5)n4)CC3)cc21.OB(O)c1cccc2c1oc1ccccc12. The van der Waals surface area contributed by atoms with Gasteiger partial charge >= 0.3 is 7.12 Å². The van der Waals surface area contributed by atoms with Crippen LogP contribution in [0, 0.1) is 0 Å². The second-order valence-electron chi connectivity index (χ2n) is 29.8. The van der Waals surface area contributed by atoms with Crippen LogP contribution in [0.15, 0.2) is 329 Å². The Labute approximate surface area is 637 Å². The first-order chi connectivity index (χ1) is 52.7. The second-order valence-corrected chi connectivity index (χ2v) is 30.7. The third kappa shape index (κ3) is 12.6. The number of halogens is 1. The summed E-state index contributed by atoms with van der Waals surface area (Å²) in [6.07, 6.45) is 4.68. The van der Waals surface area contributed by atoms with Crippen molar-refractivity contribution >= 4 is 72.4 Å². The zero-order valence-corrected chi connectivity index (χ0v) is 62.0. The van der Waals surface area contributed by atoms with E-state index in [2.05, 4.69) is 280 Å². The molecule has 1 fully saturated rings. The molecule has 3 aliphatic rings. The summed E-state index contributed by atoms with van der Waals surface area (Å²) >= 11 is 3.57. The van der Waals surface area contributed by atoms with Crippen molar-refractivity contribution in [3.63, 3.8) is 0 Å². The van der Waals surface area contributed by atoms with Gasteiger partial charge in [-0.3, -0.25) is 0 Å². The van der Waals surface area contributed by atoms with Crippen molar-refractivity contribution in [2.24, 2.45) is 0 Å². The summed E-state index contributed by atoms with van der Waals surface area (Å²) in [7, 11) is -1.51. The van der Waals surface area contributed by atoms with Crippen LogP contribution in [0.4, 0.5) is 0 Å². The Morgan fingerprint density at radius 1 is 0.324 bits per heavy atom. The molecule has 0 saturated heterocycles. The highest BCUT2D eigenvalue weighted by atomic mass is 79.9. The molecular weight excluding hydrogens is 1390 g/mol. The minimum Gasteiger partial charge on any atom is -0.456 e. The van der Waals surface area contributed by atoms with E-state index in [-0.39, 0.29) is 10.8 Å². The summed E-state index contributed by atoms with van der Waals surface area (Å²) < 4.78 is 13.0. The first kappa shape index (κ1) is 67.9. The van der Waals surface area contributed by atoms with Crippen LogP contribution in [-0.2, 0) is 10.8 Å². The number of rotatable bonds is 10. The molecular formula is C98H76BBrN4O4. The average Bonchev–Trinajstić information content (AvgIpc) is 1.58. The molecule has 0 aliphatic heterocycles. The summed E-state index contributed by atoms with van der Waals surface area (Å²) in [6.45, 7) is 9.41. The first-order valence-electron chi connectivity index (χ1n) is 37.3. The maximum Gasteiger partial charge on any atom is 0.492 e. The molecule has 2 N–H and O–H groups in total. The molecule has 0 spiro atoms. The summed E-state index contributed by atoms with van der Waals surface area (Å²) in [5.74, 6) is 2.57. The van der Waals surface area contributed by atoms with E-state index >= 15 is 0 Å². The number of fused-ring (bicyclic) bond motifs is 12. The highest BCUT2D eigenvalue weighted by Gasteiger charge is 2.38. The third-order valence-electron chi connectivity index (χ3n) is 22.6. The molecule has 8 nitrogen and oxygen atoms in total. The van der Waals surface area contributed by atoms with Gasteiger partial charge in [0.05, 0.1) is 17.1 Å². The molecule has 108 heavy (non-hydrogen) atoms. The van der Waals surface area contributed by atoms with Gasteiger partial charge in [-0.1, -0.05) is 317 Å². The van der Waals surface area contributed by atoms with E-state index in [1.54, 1.807) is 12.1 Å². The van der Waals surface area contributed by atoms with Gasteiger partial charge in [0.1, 0.15) is 22.3 Å². The lowest BCUT2D eigenvalue weighted by atomic mass is 9.75. The van der Waals surface area contributed by atoms with Gasteiger partial charge in [-0.2, -0.15) is 0 Å². The number of furan rings is 2. The van der Waals surface area contributed by atoms with E-state index in [4.69, 9.17) is 28.8 Å². The van der Waals surface area contributed by atoms with Gasteiger partial charge in [-0.25, -0.2) is 19.9 Å². The predicted molar refractivity (Wildman–Crippen MR) is 446 cm³/mol. The van der Waals surface area contributed by atoms with Gasteiger partial charge in [0.15, 0.2) is 11.6 Å². The standard InChI is InChI=1S/C49H34N2O.C37H33BrN2.C12H9BO3/c1-49(2)42-17-8-6-13-38(42)39-28-27-36(29-43(39)49)31-19-23-33(24-20-31)44-30-45(51-48(50-44)35-11-4-3-5-12-35)34-25-21-32(22-26-34)37-15-10-16-41-40-14-7-9-18-46(40)52-47(37)41;1-37(2)32-11-7-6-10-30(32)31-21-18-28(22-33(31)37)24-12-14-25(15-13-24)34-23-35(26-16-19-29(38)20-17-26)40-36(39-34)27-8-4-3-5-9-27;14-13(15)10-6-3-5-9-8-4-1-2-7-11(8)16-12(9)10/h3-30H,1-2H3;3-11,16-25H,12-15H2,1-2H3;1-7,14-15H. The number of hydrogen-bond donors (Lipinski definition) is 2. The van der Waals surface area contributed by atoms with Gasteiger partial charge in [0.25, 0.3) is 0 Å². The van der Waals surface area contributed by atoms with E-state index in [1.807, 2.05) is 66.7 Å². The fraction of sp³-hybridized carbons (Fsp3) is 0.122. The van der Waals surface area contributed by atoms with E-state index in [1.165, 1.54) is 79.7 Å². The number of para-hydroxylation sites is 4. The molecule has 13 aromatic carbocycles. The van der Waals surface area contributed by atoms with Crippen molar-refractivity contribution in [1.82, 2.24) is 19.9 Å². The molecule has 1 saturated carbocycles. The highest BCUT2D eigenvalue weighted by Crippen LogP contribution is 2.52. The first-order valence-corrected chi connectivity index (χ1v) is 38.1. The number of benzene rings is 13. The van der Waals surface area contributed by atoms with E-state index in [0.717, 1.165) is 117 Å². The molecule has 3 aliphatic carbocycles. The Morgan fingerprint density at radius 2 is 0.741 bits per heavy atom. The van der Waals surface area contributed by atoms with E-state index in [9.17, 15) is 10.0 Å². The van der Waals surface area contributed by atoms with Crippen LogP contribution in [0.3, 0.4) is 0 Å². The lowest BCUT2D eigenvalue weighted by Gasteiger charge is -2.30. The Bertz CT molecular complexity index is 6240. The van der Waals surface area contributed by atoms with Gasteiger partial charge in [0, 0.05) is 87.3 Å². The van der Waals surface area contributed by atoms with Gasteiger partial charge in [-0.05, 0) is 141 Å². The Kier molecular flexibility index (Phi) is 17.7. The molecule has 0 atom stereocenters. The van der Waals surface area contributed by atoms with Crippen molar-refractivity contribution in [3.8, 4) is 101 Å². The van der Waals surface area contributed by atoms with Crippen LogP contribution in [-0.4, -0.2) is 37.1 Å². The number of nitrogens with zero attached hydrogens (tertiary/aromatic N) is 4. The molecule has 17 aromatic rings. The fourth-order valence-electron chi connectivity index (χ4n) is 16.8. The van der Waals surface area contributed by atoms with Crippen molar-refractivity contribution in [3.05, 3.63) is 353 Å². The quantitative estimate of drug-likeness (QED) is 0.130. The molecule has 20 rings (SSSR count). The molecule has 4 aromatic heterocycles. The fourth-order valence-corrected chi connectivity index (χ4v) is 17.1. The largest absolute Gasteiger partial charge is 0.492 e. The second kappa shape index (κ2) is 28.1. The zero-order valence-electron chi connectivity index (χ0n) is 60.5. The molecule has 10 heteroatoms. The van der Waals surface area contributed by atoms with Crippen LogP contribution >= 0.6 is 15.9 Å². The molecule has 522 valence electrons. The van der Waals surface area contributed by atoms with Crippen LogP contribution in [0.2, 0.25) is 0 Å². The molecule has 0 unspecified atom stereocenters. The predicted octanol–water partition coefficient (Wildman–Crippen LogP) is 24.6. The van der Waals surface area contributed by atoms with E-state index < -0.39 is 7.12 Å². The van der Waals surface area contributed by atoms with Gasteiger partial charge in [0.2, 0.25) is 0 Å². The van der Waals surface area contributed by atoms with Crippen molar-refractivity contribution in [2.75, 3.05) is 0 Å². The maximum absolute atomic E-state index is 9.24. The normalized spacial score (nSPS) is 15.0. The van der Waals surface area contributed by atoms with E-state index in [0.29, 0.717) is 28.7 Å². The molecule has 0 bridgehead atoms. The Balaban J connectivity index is 0.000000129. The monoisotopic (exact) mass is 1460 g/mol. The summed E-state index contributed by atoms with van der Waals surface area (Å²) in [4.78, 5) is 20.3. The minimum absolute atomic E-state index is 0.0357. The van der Waals surface area contributed by atoms with Crippen LogP contribution in [0.25, 0.3) is 145 Å². The summed E-state index contributed by atoms with van der Waals surface area (Å²) in [6, 6.07) is 110. The topological polar surface area (TPSA) is 118 Å². The van der Waals surface area contributed by atoms with Crippen molar-refractivity contribution in [1.29, 1.82) is 0 Å². The van der Waals surface area contributed by atoms with Gasteiger partial charge < -0.3 is 18.9 Å². The average molecular weight is 1460 g/mol. The van der Waals surface area contributed by atoms with Crippen molar-refractivity contribution in [2.45, 2.75) is 76.0 Å². The van der Waals surface area contributed by atoms with Crippen LogP contribution in [0.1, 0.15) is 98.7 Å². The lowest BCUT2D eigenvalue weighted by molar-refractivity contribution is 0.391. The molecule has 4 heterocycles.